The maximum absolute atomic E-state index is 14.0. The fourth-order valence-electron chi connectivity index (χ4n) is 8.31. The molecule has 17 heteroatoms. The Morgan fingerprint density at radius 2 is 1.32 bits per heavy atom. The van der Waals surface area contributed by atoms with Crippen LogP contribution in [0.3, 0.4) is 0 Å². The minimum Gasteiger partial charge on any atom is -0.463 e. The molecule has 0 aliphatic heterocycles. The van der Waals surface area contributed by atoms with Crippen molar-refractivity contribution in [1.82, 2.24) is 0 Å². The molecule has 0 spiro atoms. The quantitative estimate of drug-likeness (QED) is 0.0211. The highest BCUT2D eigenvalue weighted by Gasteiger charge is 2.41. The van der Waals surface area contributed by atoms with E-state index in [1.54, 1.807) is 20.8 Å². The summed E-state index contributed by atoms with van der Waals surface area (Å²) in [6.45, 7) is 10.5. The summed E-state index contributed by atoms with van der Waals surface area (Å²) in [6.07, 6.45) is 5.86. The van der Waals surface area contributed by atoms with Crippen molar-refractivity contribution in [2.45, 2.75) is 206 Å². The van der Waals surface area contributed by atoms with Crippen LogP contribution in [0.1, 0.15) is 156 Å². The molecule has 8 atom stereocenters. The lowest BCUT2D eigenvalue weighted by Gasteiger charge is -2.29. The molecule has 2 N–H and O–H groups in total. The van der Waals surface area contributed by atoms with Gasteiger partial charge in [-0.25, -0.2) is 31.9 Å². The van der Waals surface area contributed by atoms with Crippen molar-refractivity contribution in [3.63, 3.8) is 0 Å². The molecule has 1 aromatic rings. The number of benzene rings is 1. The normalized spacial score (nSPS) is 19.5. The molecule has 406 valence electrons. The summed E-state index contributed by atoms with van der Waals surface area (Å²) in [7, 11) is 0. The van der Waals surface area contributed by atoms with Crippen molar-refractivity contribution >= 4 is 24.1 Å². The Kier molecular flexibility index (Phi) is 29.9. The van der Waals surface area contributed by atoms with Crippen molar-refractivity contribution < 1.29 is 80.1 Å². The van der Waals surface area contributed by atoms with E-state index in [1.807, 2.05) is 56.3 Å². The van der Waals surface area contributed by atoms with Crippen LogP contribution in [0.5, 0.6) is 0 Å². The van der Waals surface area contributed by atoms with Gasteiger partial charge in [-0.3, -0.25) is 4.79 Å². The molecule has 0 bridgehead atoms. The van der Waals surface area contributed by atoms with Crippen LogP contribution in [0, 0.1) is 17.3 Å². The van der Waals surface area contributed by atoms with Gasteiger partial charge < -0.3 is 43.4 Å². The van der Waals surface area contributed by atoms with E-state index in [4.69, 9.17) is 33.2 Å². The lowest BCUT2D eigenvalue weighted by Crippen LogP contribution is -2.38. The van der Waals surface area contributed by atoms with Gasteiger partial charge in [-0.2, -0.15) is 0 Å². The van der Waals surface area contributed by atoms with Crippen molar-refractivity contribution in [2.24, 2.45) is 17.3 Å². The minimum atomic E-state index is -3.10. The van der Waals surface area contributed by atoms with Crippen LogP contribution in [0.25, 0.3) is 0 Å². The zero-order valence-electron chi connectivity index (χ0n) is 43.1. The van der Waals surface area contributed by atoms with E-state index in [0.29, 0.717) is 83.1 Å². The van der Waals surface area contributed by atoms with Gasteiger partial charge in [0, 0.05) is 19.3 Å². The monoisotopic (exact) mass is 1020 g/mol. The first-order valence-corrected chi connectivity index (χ1v) is 25.6. The van der Waals surface area contributed by atoms with Gasteiger partial charge in [-0.05, 0) is 128 Å². The summed E-state index contributed by atoms with van der Waals surface area (Å²) >= 11 is 0. The lowest BCUT2D eigenvalue weighted by atomic mass is 9.85. The van der Waals surface area contributed by atoms with Gasteiger partial charge in [0.25, 0.3) is 5.92 Å². The van der Waals surface area contributed by atoms with Crippen LogP contribution < -0.4 is 0 Å². The molecule has 0 aromatic heterocycles. The number of ether oxygens (including phenoxy) is 7. The second-order valence-corrected chi connectivity index (χ2v) is 19.8. The highest BCUT2D eigenvalue weighted by Crippen LogP contribution is 2.39. The molecule has 1 aliphatic rings. The van der Waals surface area contributed by atoms with Crippen molar-refractivity contribution in [2.75, 3.05) is 33.0 Å². The van der Waals surface area contributed by atoms with Crippen LogP contribution in [-0.2, 0) is 54.0 Å². The van der Waals surface area contributed by atoms with Crippen molar-refractivity contribution in [3.05, 3.63) is 60.7 Å². The summed E-state index contributed by atoms with van der Waals surface area (Å²) < 4.78 is 94.2. The first kappa shape index (κ1) is 63.1. The topological polar surface area (TPSA) is 173 Å². The third kappa shape index (κ3) is 28.7. The SMILES string of the molecule is C=CC(F)(F)CCC(CCCC)OCC(=O)OCC(C)(COC(=O)COC(CCC)CCC(C)(F)F)COC(=O)O[C@@H](CCc1ccccc1)CC[C@@H]1[C@@H](C/C=C\CCCC(=O)OC(C)C)[C@@H](O)C[C@H]1O. The molecular weight excluding hydrogens is 933 g/mol. The Morgan fingerprint density at radius 1 is 0.718 bits per heavy atom. The molecule has 2 rings (SSSR count). The van der Waals surface area contributed by atoms with E-state index in [-0.39, 0.29) is 43.2 Å². The van der Waals surface area contributed by atoms with Crippen molar-refractivity contribution in [1.29, 1.82) is 0 Å². The van der Waals surface area contributed by atoms with Gasteiger partial charge in [0.2, 0.25) is 5.92 Å². The summed E-state index contributed by atoms with van der Waals surface area (Å²) in [4.78, 5) is 51.4. The Bertz CT molecular complexity index is 1710. The highest BCUT2D eigenvalue weighted by atomic mass is 19.3. The second-order valence-electron chi connectivity index (χ2n) is 19.8. The van der Waals surface area contributed by atoms with E-state index in [0.717, 1.165) is 18.9 Å². The first-order valence-electron chi connectivity index (χ1n) is 25.6. The first-order chi connectivity index (χ1) is 33.6. The molecule has 71 heavy (non-hydrogen) atoms. The molecule has 3 unspecified atom stereocenters. The Morgan fingerprint density at radius 3 is 1.92 bits per heavy atom. The Hall–Kier alpha value is -4.06. The summed E-state index contributed by atoms with van der Waals surface area (Å²) in [5, 5.41) is 22.0. The Labute approximate surface area is 419 Å². The number of rotatable bonds is 38. The van der Waals surface area contributed by atoms with Gasteiger partial charge in [-0.1, -0.05) is 82.2 Å². The lowest BCUT2D eigenvalue weighted by molar-refractivity contribution is -0.163. The summed E-state index contributed by atoms with van der Waals surface area (Å²) in [6, 6.07) is 9.59. The van der Waals surface area contributed by atoms with Crippen LogP contribution in [-0.4, -0.2) is 116 Å². The number of esters is 3. The highest BCUT2D eigenvalue weighted by molar-refractivity contribution is 5.71. The van der Waals surface area contributed by atoms with Crippen LogP contribution in [0.15, 0.2) is 55.1 Å². The average molecular weight is 1020 g/mol. The maximum Gasteiger partial charge on any atom is 0.508 e. The van der Waals surface area contributed by atoms with Crippen LogP contribution in [0.2, 0.25) is 0 Å². The number of hydrogen-bond acceptors (Lipinski definition) is 13. The van der Waals surface area contributed by atoms with E-state index < -0.39 is 112 Å². The molecule has 0 saturated heterocycles. The van der Waals surface area contributed by atoms with Gasteiger partial charge in [0.15, 0.2) is 0 Å². The molecule has 0 amide bonds. The van der Waals surface area contributed by atoms with Gasteiger partial charge >= 0.3 is 24.1 Å². The average Bonchev–Trinajstić information content (AvgIpc) is 3.59. The van der Waals surface area contributed by atoms with Gasteiger partial charge in [-0.15, -0.1) is 0 Å². The number of aliphatic hydroxyl groups is 2. The third-order valence-corrected chi connectivity index (χ3v) is 12.5. The smallest absolute Gasteiger partial charge is 0.463 e. The number of unbranched alkanes of at least 4 members (excludes halogenated alkanes) is 2. The number of carbonyl (C=O) groups is 4. The maximum atomic E-state index is 14.0. The van der Waals surface area contributed by atoms with E-state index >= 15 is 0 Å². The molecule has 0 heterocycles. The fourth-order valence-corrected chi connectivity index (χ4v) is 8.31. The van der Waals surface area contributed by atoms with Gasteiger partial charge in [0.05, 0.1) is 35.9 Å². The molecule has 13 nitrogen and oxygen atoms in total. The minimum absolute atomic E-state index is 0.0219. The van der Waals surface area contributed by atoms with Crippen LogP contribution >= 0.6 is 0 Å². The van der Waals surface area contributed by atoms with Gasteiger partial charge in [0.1, 0.15) is 39.1 Å². The van der Waals surface area contributed by atoms with Crippen LogP contribution in [0.4, 0.5) is 22.4 Å². The molecule has 1 aromatic carbocycles. The summed E-state index contributed by atoms with van der Waals surface area (Å²) in [5.41, 5.74) is -0.349. The van der Waals surface area contributed by atoms with Crippen molar-refractivity contribution in [3.8, 4) is 0 Å². The molecule has 1 aliphatic carbocycles. The Balaban J connectivity index is 2.18. The largest absolute Gasteiger partial charge is 0.508 e. The molecule has 1 saturated carbocycles. The number of halogens is 4. The summed E-state index contributed by atoms with van der Waals surface area (Å²) in [5.74, 6) is -8.47. The number of allylic oxidation sites excluding steroid dienone is 3. The zero-order chi connectivity index (χ0) is 52.9. The number of aryl methyl sites for hydroxylation is 1. The predicted molar refractivity (Wildman–Crippen MR) is 261 cm³/mol. The standard InChI is InChI=1S/C54H84F4O13/c1-8-11-22-42(30-32-54(57,58)10-3)66-35-50(63)68-37-52(6,36-67-49(62)34-65-41(19-9-2)29-31-53(7,55)56)38-69-51(64)71-43(26-25-40-20-15-14-16-21-40)27-28-45-44(46(59)33-47(45)60)23-17-12-13-18-24-48(61)70-39(4)5/h10,12,14-17,20-21,39,41-47,59-60H,3,8-9,11,13,18-19,22-38H2,1-2,4-7H3/b17-12-/t41?,42?,43-,44+,45+,46-,47+,52?/m0/s1. The van der Waals surface area contributed by atoms with E-state index in [1.165, 1.54) is 0 Å². The zero-order valence-corrected chi connectivity index (χ0v) is 43.1. The molecule has 0 radical (unpaired) electrons. The predicted octanol–water partition coefficient (Wildman–Crippen LogP) is 11.2. The fraction of sp³-hybridized carbons (Fsp3) is 0.741. The number of hydrogen-bond donors (Lipinski definition) is 2. The van der Waals surface area contributed by atoms with E-state index in [9.17, 15) is 47.0 Å². The second kappa shape index (κ2) is 33.6. The molecule has 1 fully saturated rings. The number of alkyl halides is 4. The van der Waals surface area contributed by atoms with E-state index in [2.05, 4.69) is 6.58 Å². The third-order valence-electron chi connectivity index (χ3n) is 12.5. The molecular formula is C54H84F4O13. The number of aliphatic hydroxyl groups excluding tert-OH is 2. The number of carbonyl (C=O) groups excluding carboxylic acids is 4.